The number of carbonyl (C=O) groups is 12. The van der Waals surface area contributed by atoms with Crippen LogP contribution in [0.1, 0.15) is 94.6 Å². The Morgan fingerprint density at radius 1 is 0.509 bits per heavy atom. The van der Waals surface area contributed by atoms with Crippen LogP contribution in [0.3, 0.4) is 0 Å². The lowest BCUT2D eigenvalue weighted by Crippen LogP contribution is -2.55. The largest absolute Gasteiger partial charge is 0.481 e. The number of aliphatic hydroxyl groups excluding tert-OH is 1. The van der Waals surface area contributed by atoms with Gasteiger partial charge in [0.1, 0.15) is 30.9 Å². The average Bonchev–Trinajstić information content (AvgIpc) is 1.60. The highest BCUT2D eigenvalue weighted by atomic mass is 127. The number of benzene rings is 3. The Balaban J connectivity index is 1.19. The van der Waals surface area contributed by atoms with Gasteiger partial charge in [-0.25, -0.2) is 23.9 Å². The molecule has 2 heterocycles. The number of thiocarbonyl (C=S) groups is 1. The third-order valence-corrected chi connectivity index (χ3v) is 18.3. The highest BCUT2D eigenvalue weighted by Crippen LogP contribution is 2.23. The van der Waals surface area contributed by atoms with Gasteiger partial charge in [0.25, 0.3) is 0 Å². The molecule has 18 N–H and O–H groups in total. The molecule has 592 valence electrons. The van der Waals surface area contributed by atoms with E-state index in [2.05, 4.69) is 80.8 Å². The maximum atomic E-state index is 14.0. The van der Waals surface area contributed by atoms with Crippen LogP contribution in [0, 0.1) is 3.57 Å². The van der Waals surface area contributed by atoms with Gasteiger partial charge in [-0.05, 0) is 166 Å². The number of nitrogens with one attached hydrogen (secondary N) is 9. The number of urea groups is 2. The number of unbranched alkanes of at least 4 members (excludes halogenated alkanes) is 3. The number of carbonyl (C=O) groups excluding carboxylic acids is 4. The van der Waals surface area contributed by atoms with Gasteiger partial charge < -0.3 is 88.5 Å². The molecule has 108 heavy (non-hydrogen) atoms. The molecule has 5 rings (SSSR count). The molecule has 1 saturated heterocycles. The first kappa shape index (κ1) is 88.8. The Hall–Kier alpha value is -9.78. The van der Waals surface area contributed by atoms with E-state index in [9.17, 15) is 98.4 Å². The fourth-order valence-electron chi connectivity index (χ4n) is 11.8. The number of amides is 6. The normalized spacial score (nSPS) is 15.4. The van der Waals surface area contributed by atoms with Crippen LogP contribution in [0.25, 0.3) is 11.3 Å². The van der Waals surface area contributed by atoms with Gasteiger partial charge in [-0.3, -0.25) is 63.3 Å². The summed E-state index contributed by atoms with van der Waals surface area (Å²) in [6.07, 6.45) is 2.91. The highest BCUT2D eigenvalue weighted by molar-refractivity contribution is 14.1. The van der Waals surface area contributed by atoms with Crippen molar-refractivity contribution < 1.29 is 103 Å². The maximum Gasteiger partial charge on any atom is 0.326 e. The summed E-state index contributed by atoms with van der Waals surface area (Å²) < 4.78 is 2.39. The number of hydrogen-bond donors (Lipinski definition) is 18. The zero-order chi connectivity index (χ0) is 79.1. The van der Waals surface area contributed by atoms with Crippen molar-refractivity contribution in [1.82, 2.24) is 71.8 Å². The number of rotatable bonds is 46. The molecule has 6 atom stereocenters. The smallest absolute Gasteiger partial charge is 0.326 e. The number of hydrogen-bond acceptors (Lipinski definition) is 21. The third-order valence-electron chi connectivity index (χ3n) is 17.3. The van der Waals surface area contributed by atoms with Crippen molar-refractivity contribution in [3.63, 3.8) is 0 Å². The van der Waals surface area contributed by atoms with Gasteiger partial charge in [0.05, 0.1) is 44.1 Å². The van der Waals surface area contributed by atoms with Crippen molar-refractivity contribution in [2.45, 2.75) is 139 Å². The van der Waals surface area contributed by atoms with Crippen LogP contribution in [-0.4, -0.2) is 285 Å². The Morgan fingerprint density at radius 3 is 1.66 bits per heavy atom. The van der Waals surface area contributed by atoms with Gasteiger partial charge in [0.2, 0.25) is 11.8 Å². The minimum absolute atomic E-state index is 0.0651. The van der Waals surface area contributed by atoms with Crippen LogP contribution >= 0.6 is 34.8 Å². The van der Waals surface area contributed by atoms with Crippen LogP contribution in [0.5, 0.6) is 0 Å². The molecule has 0 saturated carbocycles. The lowest BCUT2D eigenvalue weighted by atomic mass is 10.0. The number of anilines is 2. The summed E-state index contributed by atoms with van der Waals surface area (Å²) in [5.74, 6) is -10.7. The van der Waals surface area contributed by atoms with Gasteiger partial charge in [-0.1, -0.05) is 41.6 Å². The molecule has 6 amide bonds. The van der Waals surface area contributed by atoms with Crippen molar-refractivity contribution in [1.29, 1.82) is 0 Å². The number of aliphatic hydroxyl groups is 1. The first-order valence-corrected chi connectivity index (χ1v) is 36.6. The number of aromatic nitrogens is 3. The summed E-state index contributed by atoms with van der Waals surface area (Å²) in [4.78, 5) is 153. The van der Waals surface area contributed by atoms with E-state index in [-0.39, 0.29) is 115 Å². The molecule has 0 aliphatic carbocycles. The van der Waals surface area contributed by atoms with E-state index in [1.54, 1.807) is 68.1 Å². The van der Waals surface area contributed by atoms with Crippen molar-refractivity contribution in [3.05, 3.63) is 93.7 Å². The number of aryl methyl sites for hydroxylation is 1. The third kappa shape index (κ3) is 35.7. The molecule has 1 fully saturated rings. The predicted octanol–water partition coefficient (Wildman–Crippen LogP) is 1.70. The molecule has 3 aromatic carbocycles. The van der Waals surface area contributed by atoms with Gasteiger partial charge >= 0.3 is 59.8 Å². The van der Waals surface area contributed by atoms with Gasteiger partial charge in [0, 0.05) is 105 Å². The Bertz CT molecular complexity index is 3640. The highest BCUT2D eigenvalue weighted by Gasteiger charge is 2.31. The van der Waals surface area contributed by atoms with E-state index in [0.29, 0.717) is 74.2 Å². The quantitative estimate of drug-likeness (QED) is 0.0130. The van der Waals surface area contributed by atoms with E-state index >= 15 is 0 Å². The van der Waals surface area contributed by atoms with Crippen molar-refractivity contribution in [2.24, 2.45) is 0 Å². The number of nitrogens with zero attached hydrogens (tertiary/aromatic N) is 7. The number of aliphatic carboxylic acids is 8. The lowest BCUT2D eigenvalue weighted by molar-refractivity contribution is -0.142. The first-order chi connectivity index (χ1) is 51.5. The van der Waals surface area contributed by atoms with E-state index in [0.717, 1.165) is 21.1 Å². The number of halogens is 1. The molecule has 37 nitrogen and oxygen atoms in total. The standard InChI is InChI=1S/C69H97IN16O21S/c70-47-20-16-44(17-21-47)9-7-15-56(87)71-26-4-2-13-52(64(100)101)78-63(99)51(77-57(88)39-86-55(37-74-81-86)46-10-8-11-49(36-46)75-67(106)72-27-5-3-14-53(65(102)103)79-68(107)80-54(66(104)105)24-25-58(89)90)12-1-6-28-73-69(108)76-48-22-18-45(19-23-48)35-50-38-84(42-61(95)96)32-31-82(40-59(91)92)29-30-83(41-60(93)94)33-34-85(50)43-62(97)98/h8,10-11,16-23,36-37,50-54,63,78,99H,1-7,9,12-15,24-35,38-43H2,(H,71,87)(H,77,88)(H,89,90)(H,91,92)(H,93,94)(H,95,96)(H,97,98)(H,100,101)(H,102,103)(H,104,105)(H2,72,75,106)(H2,73,76,108)(H2,79,80,107)/t50?,51-,52-,53-,54-,63?/m0/s1. The molecule has 1 aliphatic heterocycles. The fourth-order valence-corrected chi connectivity index (χ4v) is 12.3. The van der Waals surface area contributed by atoms with Gasteiger partial charge in [0.15, 0.2) is 5.11 Å². The second-order valence-corrected chi connectivity index (χ2v) is 27.5. The van der Waals surface area contributed by atoms with Crippen LogP contribution in [-0.2, 0) is 67.3 Å². The van der Waals surface area contributed by atoms with Crippen LogP contribution < -0.4 is 47.9 Å². The predicted molar refractivity (Wildman–Crippen MR) is 403 cm³/mol. The molecule has 0 spiro atoms. The zero-order valence-corrected chi connectivity index (χ0v) is 62.5. The molecule has 1 aliphatic rings. The van der Waals surface area contributed by atoms with E-state index in [1.165, 1.54) is 10.9 Å². The minimum atomic E-state index is -1.59. The van der Waals surface area contributed by atoms with Gasteiger partial charge in [-0.2, -0.15) is 0 Å². The molecule has 39 heteroatoms. The number of carboxylic acid groups (broad SMARTS) is 8. The van der Waals surface area contributed by atoms with Crippen molar-refractivity contribution in [3.8, 4) is 11.3 Å². The summed E-state index contributed by atoms with van der Waals surface area (Å²) in [5.41, 5.74) is 3.57. The van der Waals surface area contributed by atoms with E-state index in [1.807, 2.05) is 24.3 Å². The topological polar surface area (TPSA) is 539 Å². The Labute approximate surface area is 641 Å². The minimum Gasteiger partial charge on any atom is -0.481 e. The summed E-state index contributed by atoms with van der Waals surface area (Å²) in [6, 6.07) is 13.9. The Kier molecular flexibility index (Phi) is 39.3. The molecule has 4 aromatic rings. The molecule has 1 aromatic heterocycles. The number of carboxylic acids is 8. The van der Waals surface area contributed by atoms with Crippen LogP contribution in [0.15, 0.2) is 79.0 Å². The molecular weight excluding hydrogens is 1550 g/mol. The average molecular weight is 1650 g/mol. The Morgan fingerprint density at radius 2 is 1.06 bits per heavy atom. The molecule has 0 radical (unpaired) electrons. The fraction of sp³-hybridized carbons (Fsp3) is 0.522. The van der Waals surface area contributed by atoms with E-state index in [4.69, 9.17) is 17.3 Å². The summed E-state index contributed by atoms with van der Waals surface area (Å²) in [7, 11) is 0. The van der Waals surface area contributed by atoms with Gasteiger partial charge in [-0.15, -0.1) is 5.10 Å². The van der Waals surface area contributed by atoms with Crippen molar-refractivity contribution >= 4 is 123 Å². The first-order valence-electron chi connectivity index (χ1n) is 35.2. The zero-order valence-electron chi connectivity index (χ0n) is 59.5. The SMILES string of the molecule is O=C(O)CC[C@H](NC(=O)N[C@@H](CCCCNC(=O)Nc1cccc(-c2cnnn2CC(=O)N[C@@H](CCCCNC(=S)Nc2ccc(CC3CN(CC(=O)O)CCN(CC(=O)O)CCN(CC(=O)O)CCN3CC(=O)O)cc2)C(O)N[C@@H](CCCCNC(=O)CCCc2ccc(I)cc2)C(=O)O)c1)C(=O)O)C(=O)O. The monoisotopic (exact) mass is 1640 g/mol. The summed E-state index contributed by atoms with van der Waals surface area (Å²) >= 11 is 7.85. The summed E-state index contributed by atoms with van der Waals surface area (Å²) in [6.45, 7) is -0.403. The second kappa shape index (κ2) is 47.8. The molecule has 2 unspecified atom stereocenters. The second-order valence-electron chi connectivity index (χ2n) is 25.8. The van der Waals surface area contributed by atoms with Crippen LogP contribution in [0.2, 0.25) is 0 Å². The van der Waals surface area contributed by atoms with Crippen molar-refractivity contribution in [2.75, 3.05) is 102 Å². The van der Waals surface area contributed by atoms with E-state index < -0.39 is 135 Å². The maximum absolute atomic E-state index is 14.0. The lowest BCUT2D eigenvalue weighted by Gasteiger charge is -2.37. The summed E-state index contributed by atoms with van der Waals surface area (Å²) in [5, 5.41) is 122. The molecular formula is C69H97IN16O21S. The molecule has 0 bridgehead atoms. The van der Waals surface area contributed by atoms with Crippen LogP contribution in [0.4, 0.5) is 21.0 Å².